The first-order valence-electron chi connectivity index (χ1n) is 10.5. The van der Waals surface area contributed by atoms with Crippen LogP contribution in [0, 0.1) is 11.7 Å². The quantitative estimate of drug-likeness (QED) is 0.535. The van der Waals surface area contributed by atoms with Gasteiger partial charge >= 0.3 is 6.03 Å². The molecule has 3 rings (SSSR count). The SMILES string of the molecule is O=C(Nc1ccccc1F)N[C@H]1CC[C@@H](CCNC(=O)C2CCOCC2)O[C@H]1CO. The highest BCUT2D eigenvalue weighted by Crippen LogP contribution is 2.22. The van der Waals surface area contributed by atoms with E-state index in [1.54, 1.807) is 12.1 Å². The van der Waals surface area contributed by atoms with Gasteiger partial charge in [0.15, 0.2) is 0 Å². The number of rotatable bonds is 7. The van der Waals surface area contributed by atoms with Crippen LogP contribution in [-0.4, -0.2) is 61.7 Å². The van der Waals surface area contributed by atoms with Gasteiger partial charge < -0.3 is 30.5 Å². The van der Waals surface area contributed by atoms with Crippen molar-refractivity contribution in [3.63, 3.8) is 0 Å². The van der Waals surface area contributed by atoms with E-state index in [0.717, 1.165) is 12.8 Å². The van der Waals surface area contributed by atoms with Crippen molar-refractivity contribution in [2.75, 3.05) is 31.7 Å². The van der Waals surface area contributed by atoms with E-state index in [1.807, 2.05) is 0 Å². The molecule has 2 heterocycles. The first-order chi connectivity index (χ1) is 14.6. The first kappa shape index (κ1) is 22.5. The summed E-state index contributed by atoms with van der Waals surface area (Å²) in [5.74, 6) is -0.455. The zero-order valence-corrected chi connectivity index (χ0v) is 16.9. The number of benzene rings is 1. The fourth-order valence-corrected chi connectivity index (χ4v) is 3.86. The molecule has 1 aromatic rings. The van der Waals surface area contributed by atoms with Gasteiger partial charge in [0.2, 0.25) is 5.91 Å². The van der Waals surface area contributed by atoms with Gasteiger partial charge in [0.1, 0.15) is 11.9 Å². The van der Waals surface area contributed by atoms with Crippen molar-refractivity contribution in [3.05, 3.63) is 30.1 Å². The predicted octanol–water partition coefficient (Wildman–Crippen LogP) is 1.79. The molecule has 3 amide bonds. The van der Waals surface area contributed by atoms with E-state index in [1.165, 1.54) is 12.1 Å². The van der Waals surface area contributed by atoms with Crippen LogP contribution in [0.5, 0.6) is 0 Å². The average molecular weight is 423 g/mol. The van der Waals surface area contributed by atoms with E-state index in [9.17, 15) is 19.1 Å². The minimum absolute atomic E-state index is 0.0118. The molecule has 9 heteroatoms. The Kier molecular flexibility index (Phi) is 8.41. The summed E-state index contributed by atoms with van der Waals surface area (Å²) in [5.41, 5.74) is 0.0884. The lowest BCUT2D eigenvalue weighted by molar-refractivity contribution is -0.128. The Morgan fingerprint density at radius 1 is 1.13 bits per heavy atom. The van der Waals surface area contributed by atoms with Crippen molar-refractivity contribution in [2.24, 2.45) is 5.92 Å². The standard InChI is InChI=1S/C21H30FN3O5/c22-16-3-1-2-4-17(16)24-21(28)25-18-6-5-15(30-19(18)13-26)7-10-23-20(27)14-8-11-29-12-9-14/h1-4,14-15,18-19,26H,5-13H2,(H,23,27)(H2,24,25,28)/t15-,18-,19-/m0/s1. The Bertz CT molecular complexity index is 714. The van der Waals surface area contributed by atoms with Crippen molar-refractivity contribution >= 4 is 17.6 Å². The highest BCUT2D eigenvalue weighted by molar-refractivity contribution is 5.89. The van der Waals surface area contributed by atoms with Gasteiger partial charge in [-0.2, -0.15) is 0 Å². The van der Waals surface area contributed by atoms with E-state index in [2.05, 4.69) is 16.0 Å². The molecule has 2 saturated heterocycles. The molecule has 8 nitrogen and oxygen atoms in total. The van der Waals surface area contributed by atoms with Gasteiger partial charge in [-0.25, -0.2) is 9.18 Å². The third kappa shape index (κ3) is 6.38. The molecule has 4 N–H and O–H groups in total. The Balaban J connectivity index is 1.40. The molecule has 3 atom stereocenters. The van der Waals surface area contributed by atoms with Crippen molar-refractivity contribution in [3.8, 4) is 0 Å². The Labute approximate surface area is 175 Å². The molecule has 0 radical (unpaired) electrons. The summed E-state index contributed by atoms with van der Waals surface area (Å²) < 4.78 is 24.9. The molecule has 0 bridgehead atoms. The Morgan fingerprint density at radius 2 is 1.90 bits per heavy atom. The number of carbonyl (C=O) groups excluding carboxylic acids is 2. The van der Waals surface area contributed by atoms with Crippen LogP contribution in [0.4, 0.5) is 14.9 Å². The monoisotopic (exact) mass is 423 g/mol. The lowest BCUT2D eigenvalue weighted by Gasteiger charge is -2.36. The van der Waals surface area contributed by atoms with Crippen LogP contribution in [0.1, 0.15) is 32.1 Å². The molecule has 2 fully saturated rings. The van der Waals surface area contributed by atoms with Crippen LogP contribution in [0.3, 0.4) is 0 Å². The number of hydrogen-bond acceptors (Lipinski definition) is 5. The number of hydrogen-bond donors (Lipinski definition) is 4. The smallest absolute Gasteiger partial charge is 0.319 e. The topological polar surface area (TPSA) is 109 Å². The minimum Gasteiger partial charge on any atom is -0.394 e. The van der Waals surface area contributed by atoms with E-state index < -0.39 is 18.0 Å². The number of carbonyl (C=O) groups is 2. The van der Waals surface area contributed by atoms with Crippen LogP contribution in [0.25, 0.3) is 0 Å². The van der Waals surface area contributed by atoms with Crippen molar-refractivity contribution in [1.29, 1.82) is 0 Å². The molecule has 0 unspecified atom stereocenters. The lowest BCUT2D eigenvalue weighted by Crippen LogP contribution is -2.52. The molecule has 30 heavy (non-hydrogen) atoms. The predicted molar refractivity (Wildman–Crippen MR) is 108 cm³/mol. The number of nitrogens with one attached hydrogen (secondary N) is 3. The molecule has 1 aromatic carbocycles. The maximum atomic E-state index is 13.7. The maximum absolute atomic E-state index is 13.7. The molecule has 166 valence electrons. The number of aliphatic hydroxyl groups is 1. The van der Waals surface area contributed by atoms with Crippen LogP contribution in [0.2, 0.25) is 0 Å². The van der Waals surface area contributed by atoms with Crippen LogP contribution in [0.15, 0.2) is 24.3 Å². The number of ether oxygens (including phenoxy) is 2. The van der Waals surface area contributed by atoms with E-state index in [4.69, 9.17) is 9.47 Å². The summed E-state index contributed by atoms with van der Waals surface area (Å²) in [7, 11) is 0. The van der Waals surface area contributed by atoms with Crippen molar-refractivity contribution in [2.45, 2.75) is 50.4 Å². The summed E-state index contributed by atoms with van der Waals surface area (Å²) in [6.07, 6.45) is 2.79. The summed E-state index contributed by atoms with van der Waals surface area (Å²) in [6, 6.07) is 4.98. The number of aliphatic hydroxyl groups excluding tert-OH is 1. The van der Waals surface area contributed by atoms with E-state index >= 15 is 0 Å². The second-order valence-corrected chi connectivity index (χ2v) is 7.71. The largest absolute Gasteiger partial charge is 0.394 e. The summed E-state index contributed by atoms with van der Waals surface area (Å²) in [6.45, 7) is 1.52. The zero-order chi connectivity index (χ0) is 21.3. The Hall–Kier alpha value is -2.23. The number of anilines is 1. The van der Waals surface area contributed by atoms with E-state index in [-0.39, 0.29) is 36.3 Å². The molecular formula is C21H30FN3O5. The zero-order valence-electron chi connectivity index (χ0n) is 16.9. The fraction of sp³-hybridized carbons (Fsp3) is 0.619. The summed E-state index contributed by atoms with van der Waals surface area (Å²) in [5, 5.41) is 17.9. The normalized spacial score (nSPS) is 24.8. The van der Waals surface area contributed by atoms with Gasteiger partial charge in [-0.3, -0.25) is 4.79 Å². The third-order valence-corrected chi connectivity index (χ3v) is 5.59. The molecule has 2 aliphatic rings. The highest BCUT2D eigenvalue weighted by Gasteiger charge is 2.32. The van der Waals surface area contributed by atoms with Gasteiger partial charge in [0.05, 0.1) is 24.4 Å². The number of urea groups is 1. The minimum atomic E-state index is -0.554. The van der Waals surface area contributed by atoms with Crippen molar-refractivity contribution < 1.29 is 28.6 Å². The van der Waals surface area contributed by atoms with Gasteiger partial charge in [-0.1, -0.05) is 12.1 Å². The van der Waals surface area contributed by atoms with Gasteiger partial charge in [-0.05, 0) is 44.2 Å². The van der Waals surface area contributed by atoms with Crippen LogP contribution in [-0.2, 0) is 14.3 Å². The van der Waals surface area contributed by atoms with Crippen LogP contribution >= 0.6 is 0 Å². The lowest BCUT2D eigenvalue weighted by atomic mass is 9.96. The molecule has 0 aliphatic carbocycles. The molecule has 2 aliphatic heterocycles. The van der Waals surface area contributed by atoms with Crippen molar-refractivity contribution in [1.82, 2.24) is 10.6 Å². The molecular weight excluding hydrogens is 393 g/mol. The summed E-state index contributed by atoms with van der Waals surface area (Å²) >= 11 is 0. The van der Waals surface area contributed by atoms with Gasteiger partial charge in [-0.15, -0.1) is 0 Å². The summed E-state index contributed by atoms with van der Waals surface area (Å²) in [4.78, 5) is 24.4. The second kappa shape index (κ2) is 11.2. The first-order valence-corrected chi connectivity index (χ1v) is 10.5. The Morgan fingerprint density at radius 3 is 2.63 bits per heavy atom. The highest BCUT2D eigenvalue weighted by atomic mass is 19.1. The fourth-order valence-electron chi connectivity index (χ4n) is 3.86. The third-order valence-electron chi connectivity index (χ3n) is 5.59. The second-order valence-electron chi connectivity index (χ2n) is 7.71. The number of para-hydroxylation sites is 1. The number of halogens is 1. The molecule has 0 aromatic heterocycles. The average Bonchev–Trinajstić information content (AvgIpc) is 2.76. The maximum Gasteiger partial charge on any atom is 0.319 e. The molecule has 0 spiro atoms. The molecule has 0 saturated carbocycles. The van der Waals surface area contributed by atoms with Crippen LogP contribution < -0.4 is 16.0 Å². The number of amides is 3. The van der Waals surface area contributed by atoms with Gasteiger partial charge in [0, 0.05) is 25.7 Å². The van der Waals surface area contributed by atoms with Gasteiger partial charge in [0.25, 0.3) is 0 Å². The van der Waals surface area contributed by atoms with E-state index in [0.29, 0.717) is 39.0 Å².